The number of halogens is 3. The van der Waals surface area contributed by atoms with E-state index in [1.54, 1.807) is 13.1 Å². The summed E-state index contributed by atoms with van der Waals surface area (Å²) >= 11 is 0. The molecule has 1 amide bonds. The molecule has 2 aliphatic rings. The van der Waals surface area contributed by atoms with Crippen LogP contribution in [0.15, 0.2) is 35.1 Å². The van der Waals surface area contributed by atoms with E-state index in [9.17, 15) is 18.0 Å². The minimum Gasteiger partial charge on any atom is -0.475 e. The first-order chi connectivity index (χ1) is 15.2. The lowest BCUT2D eigenvalue weighted by molar-refractivity contribution is -0.192. The second-order valence-corrected chi connectivity index (χ2v) is 7.51. The third-order valence-corrected chi connectivity index (χ3v) is 5.27. The van der Waals surface area contributed by atoms with Gasteiger partial charge in [0.05, 0.1) is 18.3 Å². The van der Waals surface area contributed by atoms with Gasteiger partial charge in [-0.2, -0.15) is 13.2 Å². The topological polar surface area (TPSA) is 118 Å². The summed E-state index contributed by atoms with van der Waals surface area (Å²) in [5.41, 5.74) is 0.534. The molecule has 0 unspecified atom stereocenters. The highest BCUT2D eigenvalue weighted by Crippen LogP contribution is 2.31. The normalized spacial score (nSPS) is 22.9. The summed E-state index contributed by atoms with van der Waals surface area (Å²) < 4.78 is 42.8. The highest BCUT2D eigenvalue weighted by molar-refractivity contribution is 5.95. The maximum absolute atomic E-state index is 12.9. The number of hydrogen-bond acceptors (Lipinski definition) is 7. The molecule has 3 atom stereocenters. The Hall–Kier alpha value is -3.15. The van der Waals surface area contributed by atoms with Crippen LogP contribution < -0.4 is 5.32 Å². The number of carbonyl (C=O) groups is 2. The summed E-state index contributed by atoms with van der Waals surface area (Å²) in [4.78, 5) is 28.0. The van der Waals surface area contributed by atoms with Crippen molar-refractivity contribution < 1.29 is 37.1 Å². The van der Waals surface area contributed by atoms with Crippen LogP contribution in [-0.4, -0.2) is 70.0 Å². The number of piperidine rings is 1. The zero-order valence-electron chi connectivity index (χ0n) is 17.2. The van der Waals surface area contributed by atoms with Crippen molar-refractivity contribution in [3.8, 4) is 0 Å². The van der Waals surface area contributed by atoms with Crippen molar-refractivity contribution >= 4 is 17.7 Å². The van der Waals surface area contributed by atoms with Gasteiger partial charge in [-0.15, -0.1) is 0 Å². The summed E-state index contributed by atoms with van der Waals surface area (Å²) in [7, 11) is 0. The van der Waals surface area contributed by atoms with E-state index in [1.165, 1.54) is 6.20 Å². The minimum atomic E-state index is -5.08. The number of carboxylic acids is 1. The molecule has 2 aromatic rings. The molecule has 4 rings (SSSR count). The lowest BCUT2D eigenvalue weighted by Crippen LogP contribution is -2.59. The first-order valence-corrected chi connectivity index (χ1v) is 9.96. The van der Waals surface area contributed by atoms with Gasteiger partial charge >= 0.3 is 12.1 Å². The fraction of sp³-hybridized carbons (Fsp3) is 0.500. The molecule has 2 aliphatic heterocycles. The maximum atomic E-state index is 12.9. The number of ether oxygens (including phenoxy) is 1. The number of alkyl halides is 3. The molecule has 0 bridgehead atoms. The van der Waals surface area contributed by atoms with Crippen LogP contribution in [0.4, 0.5) is 19.0 Å². The first-order valence-electron chi connectivity index (χ1n) is 9.96. The molecule has 0 aromatic carbocycles. The lowest BCUT2D eigenvalue weighted by Gasteiger charge is -2.46. The van der Waals surface area contributed by atoms with E-state index in [0.717, 1.165) is 25.3 Å². The third-order valence-electron chi connectivity index (χ3n) is 5.27. The summed E-state index contributed by atoms with van der Waals surface area (Å²) in [6.07, 6.45) is 0.378. The van der Waals surface area contributed by atoms with Crippen molar-refractivity contribution in [2.75, 3.05) is 25.0 Å². The Balaban J connectivity index is 0.000000360. The number of likely N-dealkylation sites (tertiary alicyclic amines) is 1. The molecule has 2 N–H and O–H groups in total. The van der Waals surface area contributed by atoms with Gasteiger partial charge in [0.25, 0.3) is 5.91 Å². The van der Waals surface area contributed by atoms with Crippen LogP contribution in [-0.2, 0) is 9.53 Å². The van der Waals surface area contributed by atoms with Gasteiger partial charge in [-0.05, 0) is 31.9 Å². The zero-order valence-corrected chi connectivity index (χ0v) is 17.2. The molecular weight excluding hydrogens is 433 g/mol. The van der Waals surface area contributed by atoms with Crippen molar-refractivity contribution in [2.24, 2.45) is 5.92 Å². The number of pyridine rings is 1. The van der Waals surface area contributed by atoms with Gasteiger partial charge in [-0.1, -0.05) is 11.2 Å². The van der Waals surface area contributed by atoms with E-state index in [4.69, 9.17) is 19.2 Å². The van der Waals surface area contributed by atoms with E-state index in [-0.39, 0.29) is 18.1 Å². The van der Waals surface area contributed by atoms with Crippen molar-refractivity contribution in [3.63, 3.8) is 0 Å². The molecule has 2 aromatic heterocycles. The van der Waals surface area contributed by atoms with Gasteiger partial charge in [0.1, 0.15) is 17.1 Å². The quantitative estimate of drug-likeness (QED) is 0.724. The van der Waals surface area contributed by atoms with Crippen LogP contribution >= 0.6 is 0 Å². The molecule has 2 saturated heterocycles. The van der Waals surface area contributed by atoms with Crippen molar-refractivity contribution in [2.45, 2.75) is 38.1 Å². The van der Waals surface area contributed by atoms with E-state index < -0.39 is 12.1 Å². The fourth-order valence-electron chi connectivity index (χ4n) is 3.81. The fourth-order valence-corrected chi connectivity index (χ4v) is 3.81. The van der Waals surface area contributed by atoms with Gasteiger partial charge in [-0.3, -0.25) is 4.79 Å². The summed E-state index contributed by atoms with van der Waals surface area (Å²) in [6, 6.07) is 5.78. The number of aliphatic carboxylic acids is 1. The molecule has 4 heterocycles. The number of anilines is 1. The van der Waals surface area contributed by atoms with Gasteiger partial charge in [-0.25, -0.2) is 9.78 Å². The molecule has 0 aliphatic carbocycles. The van der Waals surface area contributed by atoms with Gasteiger partial charge in [0.2, 0.25) is 0 Å². The molecule has 2 fully saturated rings. The molecule has 0 saturated carbocycles. The minimum absolute atomic E-state index is 0.0121. The van der Waals surface area contributed by atoms with Gasteiger partial charge in [0.15, 0.2) is 0 Å². The Bertz CT molecular complexity index is 921. The number of fused-ring (bicyclic) bond motifs is 1. The SMILES string of the molecule is Cc1oncc1C(=O)N1C[C@@H]2CCCO[C@@H]2[C@H](Nc2ccccn2)C1.O=C(O)C(F)(F)F. The first kappa shape index (κ1) is 23.5. The predicted octanol–water partition coefficient (Wildman–Crippen LogP) is 2.74. The number of hydrogen-bond donors (Lipinski definition) is 2. The lowest BCUT2D eigenvalue weighted by atomic mass is 9.85. The van der Waals surface area contributed by atoms with Crippen molar-refractivity contribution in [1.29, 1.82) is 0 Å². The number of aryl methyl sites for hydroxylation is 1. The highest BCUT2D eigenvalue weighted by atomic mass is 19.4. The number of nitrogens with one attached hydrogen (secondary N) is 1. The maximum Gasteiger partial charge on any atom is 0.490 e. The summed E-state index contributed by atoms with van der Waals surface area (Å²) in [5.74, 6) is -1.10. The molecule has 12 heteroatoms. The Labute approximate surface area is 181 Å². The Morgan fingerprint density at radius 1 is 1.28 bits per heavy atom. The Morgan fingerprint density at radius 2 is 2.03 bits per heavy atom. The summed E-state index contributed by atoms with van der Waals surface area (Å²) in [6.45, 7) is 3.82. The van der Waals surface area contributed by atoms with Crippen molar-refractivity contribution in [3.05, 3.63) is 41.9 Å². The molecule has 9 nitrogen and oxygen atoms in total. The number of amides is 1. The molecule has 32 heavy (non-hydrogen) atoms. The number of rotatable bonds is 3. The Kier molecular flexibility index (Phi) is 7.33. The van der Waals surface area contributed by atoms with Crippen LogP contribution in [0.1, 0.15) is 29.0 Å². The van der Waals surface area contributed by atoms with E-state index in [2.05, 4.69) is 15.5 Å². The standard InChI is InChI=1S/C18H22N4O3.C2HF3O2/c1-12-14(9-20-25-12)18(23)22-10-13-5-4-8-24-17(13)15(11-22)21-16-6-2-3-7-19-16;3-2(4,5)1(6)7/h2-3,6-7,9,13,15,17H,4-5,8,10-11H2,1H3,(H,19,21);(H,6,7)/t13-,15+,17-;/m0./s1. The molecule has 0 spiro atoms. The van der Waals surface area contributed by atoms with Crippen LogP contribution in [0.2, 0.25) is 0 Å². The zero-order chi connectivity index (χ0) is 23.3. The molecule has 174 valence electrons. The summed E-state index contributed by atoms with van der Waals surface area (Å²) in [5, 5.41) is 14.3. The smallest absolute Gasteiger partial charge is 0.475 e. The number of carboxylic acid groups (broad SMARTS) is 1. The second kappa shape index (κ2) is 9.98. The van der Waals surface area contributed by atoms with E-state index in [1.807, 2.05) is 23.1 Å². The van der Waals surface area contributed by atoms with Crippen LogP contribution in [0, 0.1) is 12.8 Å². The van der Waals surface area contributed by atoms with Gasteiger partial charge < -0.3 is 24.6 Å². The van der Waals surface area contributed by atoms with Crippen LogP contribution in [0.5, 0.6) is 0 Å². The molecular formula is C20H23F3N4O5. The third kappa shape index (κ3) is 5.75. The van der Waals surface area contributed by atoms with E-state index in [0.29, 0.717) is 30.3 Å². The second-order valence-electron chi connectivity index (χ2n) is 7.51. The molecule has 0 radical (unpaired) electrons. The van der Waals surface area contributed by atoms with Crippen LogP contribution in [0.3, 0.4) is 0 Å². The monoisotopic (exact) mass is 456 g/mol. The number of aromatic nitrogens is 2. The Morgan fingerprint density at radius 3 is 2.62 bits per heavy atom. The van der Waals surface area contributed by atoms with E-state index >= 15 is 0 Å². The predicted molar refractivity (Wildman–Crippen MR) is 105 cm³/mol. The van der Waals surface area contributed by atoms with Crippen molar-refractivity contribution in [1.82, 2.24) is 15.0 Å². The highest BCUT2D eigenvalue weighted by Gasteiger charge is 2.41. The average Bonchev–Trinajstić information content (AvgIpc) is 3.19. The number of carbonyl (C=O) groups excluding carboxylic acids is 1. The van der Waals surface area contributed by atoms with Crippen LogP contribution in [0.25, 0.3) is 0 Å². The van der Waals surface area contributed by atoms with Gasteiger partial charge in [0, 0.05) is 31.8 Å². The average molecular weight is 456 g/mol. The largest absolute Gasteiger partial charge is 0.490 e. The number of nitrogens with zero attached hydrogens (tertiary/aromatic N) is 3.